The van der Waals surface area contributed by atoms with Crippen LogP contribution in [0.2, 0.25) is 0 Å². The first kappa shape index (κ1) is 19.5. The van der Waals surface area contributed by atoms with Gasteiger partial charge in [0.05, 0.1) is 5.56 Å². The van der Waals surface area contributed by atoms with Gasteiger partial charge in [0.2, 0.25) is 5.95 Å². The number of rotatable bonds is 2. The Morgan fingerprint density at radius 2 is 1.71 bits per heavy atom. The van der Waals surface area contributed by atoms with Gasteiger partial charge in [0.1, 0.15) is 6.54 Å². The van der Waals surface area contributed by atoms with Gasteiger partial charge < -0.3 is 15.5 Å². The second-order valence-corrected chi connectivity index (χ2v) is 6.07. The molecule has 1 fully saturated rings. The zero-order chi connectivity index (χ0) is 20.0. The molecule has 6 nitrogen and oxygen atoms in total. The summed E-state index contributed by atoms with van der Waals surface area (Å²) in [6, 6.07) is 6.48. The lowest BCUT2D eigenvalue weighted by atomic mass is 10.1. The van der Waals surface area contributed by atoms with Crippen molar-refractivity contribution in [2.24, 2.45) is 10.7 Å². The summed E-state index contributed by atoms with van der Waals surface area (Å²) in [5.74, 6) is 6.69. The van der Waals surface area contributed by atoms with Crippen LogP contribution in [0, 0.1) is 11.8 Å². The van der Waals surface area contributed by atoms with Crippen LogP contribution in [0.4, 0.5) is 19.1 Å². The van der Waals surface area contributed by atoms with Crippen molar-refractivity contribution in [2.45, 2.75) is 6.18 Å². The number of nitrogens with zero attached hydrogens (tertiary/aromatic N) is 5. The summed E-state index contributed by atoms with van der Waals surface area (Å²) in [4.78, 5) is 16.7. The van der Waals surface area contributed by atoms with Crippen LogP contribution in [-0.4, -0.2) is 53.6 Å². The Morgan fingerprint density at radius 1 is 1.07 bits per heavy atom. The number of halogens is 3. The van der Waals surface area contributed by atoms with E-state index in [1.165, 1.54) is 12.1 Å². The Hall–Kier alpha value is -3.28. The minimum atomic E-state index is -4.35. The van der Waals surface area contributed by atoms with Crippen molar-refractivity contribution in [1.29, 1.82) is 0 Å². The van der Waals surface area contributed by atoms with E-state index in [2.05, 4.69) is 31.7 Å². The summed E-state index contributed by atoms with van der Waals surface area (Å²) in [5.41, 5.74) is 5.82. The molecular formula is C19H19F3N6. The quantitative estimate of drug-likeness (QED) is 0.484. The highest BCUT2D eigenvalue weighted by atomic mass is 19.4. The molecule has 9 heteroatoms. The molecule has 2 N–H and O–H groups in total. The number of aromatic nitrogens is 2. The number of guanidine groups is 1. The molecule has 28 heavy (non-hydrogen) atoms. The minimum absolute atomic E-state index is 0.175. The summed E-state index contributed by atoms with van der Waals surface area (Å²) in [7, 11) is 0. The van der Waals surface area contributed by atoms with Gasteiger partial charge in [-0.25, -0.2) is 15.0 Å². The first-order valence-electron chi connectivity index (χ1n) is 8.66. The van der Waals surface area contributed by atoms with Gasteiger partial charge in [0.25, 0.3) is 0 Å². The van der Waals surface area contributed by atoms with Crippen molar-refractivity contribution in [1.82, 2.24) is 14.9 Å². The largest absolute Gasteiger partial charge is 0.416 e. The second kappa shape index (κ2) is 8.61. The number of anilines is 1. The molecule has 2 aromatic rings. The van der Waals surface area contributed by atoms with Gasteiger partial charge in [-0.1, -0.05) is 11.8 Å². The third kappa shape index (κ3) is 5.13. The van der Waals surface area contributed by atoms with E-state index in [1.807, 2.05) is 4.90 Å². The van der Waals surface area contributed by atoms with Crippen LogP contribution in [-0.2, 0) is 6.18 Å². The van der Waals surface area contributed by atoms with E-state index < -0.39 is 11.7 Å². The summed E-state index contributed by atoms with van der Waals surface area (Å²) >= 11 is 0. The van der Waals surface area contributed by atoms with E-state index in [4.69, 9.17) is 5.73 Å². The molecule has 1 aromatic carbocycles. The minimum Gasteiger partial charge on any atom is -0.370 e. The van der Waals surface area contributed by atoms with E-state index in [9.17, 15) is 13.2 Å². The van der Waals surface area contributed by atoms with Crippen molar-refractivity contribution in [3.8, 4) is 11.8 Å². The van der Waals surface area contributed by atoms with Crippen LogP contribution in [0.15, 0.2) is 47.7 Å². The predicted molar refractivity (Wildman–Crippen MR) is 101 cm³/mol. The first-order valence-corrected chi connectivity index (χ1v) is 8.66. The molecule has 1 aromatic heterocycles. The number of aliphatic imine (C=N–C) groups is 1. The second-order valence-electron chi connectivity index (χ2n) is 6.07. The molecule has 1 saturated heterocycles. The molecule has 0 atom stereocenters. The highest BCUT2D eigenvalue weighted by Crippen LogP contribution is 2.28. The van der Waals surface area contributed by atoms with Crippen LogP contribution < -0.4 is 10.6 Å². The molecular weight excluding hydrogens is 369 g/mol. The number of benzene rings is 1. The van der Waals surface area contributed by atoms with Crippen LogP contribution in [0.1, 0.15) is 11.1 Å². The molecule has 0 saturated carbocycles. The van der Waals surface area contributed by atoms with Gasteiger partial charge in [-0.3, -0.25) is 0 Å². The molecule has 0 aliphatic carbocycles. The summed E-state index contributed by atoms with van der Waals surface area (Å²) in [6.45, 7) is 3.03. The molecule has 146 valence electrons. The van der Waals surface area contributed by atoms with Gasteiger partial charge >= 0.3 is 6.18 Å². The summed E-state index contributed by atoms with van der Waals surface area (Å²) in [5, 5.41) is 0. The molecule has 0 spiro atoms. The smallest absolute Gasteiger partial charge is 0.370 e. The molecule has 0 radical (unpaired) electrons. The van der Waals surface area contributed by atoms with Crippen LogP contribution >= 0.6 is 0 Å². The average molecular weight is 388 g/mol. The predicted octanol–water partition coefficient (Wildman–Crippen LogP) is 1.98. The van der Waals surface area contributed by atoms with Gasteiger partial charge in [-0.05, 0) is 30.3 Å². The van der Waals surface area contributed by atoms with Gasteiger partial charge in [-0.2, -0.15) is 13.2 Å². The van der Waals surface area contributed by atoms with Crippen molar-refractivity contribution in [3.05, 3.63) is 53.9 Å². The molecule has 0 amide bonds. The maximum absolute atomic E-state index is 12.5. The van der Waals surface area contributed by atoms with Crippen molar-refractivity contribution in [3.63, 3.8) is 0 Å². The Balaban J connectivity index is 1.50. The van der Waals surface area contributed by atoms with Gasteiger partial charge in [-0.15, -0.1) is 0 Å². The van der Waals surface area contributed by atoms with E-state index in [0.717, 1.165) is 25.2 Å². The molecule has 3 rings (SSSR count). The molecule has 0 bridgehead atoms. The van der Waals surface area contributed by atoms with E-state index in [1.54, 1.807) is 18.5 Å². The Morgan fingerprint density at radius 3 is 2.32 bits per heavy atom. The van der Waals surface area contributed by atoms with Gasteiger partial charge in [0, 0.05) is 44.1 Å². The number of hydrogen-bond donors (Lipinski definition) is 1. The fourth-order valence-corrected chi connectivity index (χ4v) is 2.69. The third-order valence-electron chi connectivity index (χ3n) is 4.20. The zero-order valence-electron chi connectivity index (χ0n) is 15.0. The molecule has 2 heterocycles. The number of piperazine rings is 1. The van der Waals surface area contributed by atoms with Crippen LogP contribution in [0.5, 0.6) is 0 Å². The Kier molecular flexibility index (Phi) is 5.99. The Labute approximate surface area is 160 Å². The van der Waals surface area contributed by atoms with Crippen molar-refractivity contribution in [2.75, 3.05) is 37.6 Å². The SMILES string of the molecule is NC(=NCC#Cc1ccc(C(F)(F)F)cc1)N1CCN(c2ncccn2)CC1. The fourth-order valence-electron chi connectivity index (χ4n) is 2.69. The molecule has 1 aliphatic heterocycles. The van der Waals surface area contributed by atoms with Crippen LogP contribution in [0.3, 0.4) is 0 Å². The highest BCUT2D eigenvalue weighted by Gasteiger charge is 2.29. The monoisotopic (exact) mass is 388 g/mol. The van der Waals surface area contributed by atoms with E-state index >= 15 is 0 Å². The topological polar surface area (TPSA) is 70.6 Å². The fraction of sp³-hybridized carbons (Fsp3) is 0.316. The maximum atomic E-state index is 12.5. The van der Waals surface area contributed by atoms with Crippen molar-refractivity contribution < 1.29 is 13.2 Å². The lowest BCUT2D eigenvalue weighted by Crippen LogP contribution is -2.51. The number of nitrogens with two attached hydrogens (primary N) is 1. The third-order valence-corrected chi connectivity index (χ3v) is 4.20. The molecule has 0 unspecified atom stereocenters. The number of alkyl halides is 3. The maximum Gasteiger partial charge on any atom is 0.416 e. The van der Waals surface area contributed by atoms with Crippen molar-refractivity contribution >= 4 is 11.9 Å². The lowest BCUT2D eigenvalue weighted by Gasteiger charge is -2.35. The number of hydrogen-bond acceptors (Lipinski definition) is 4. The van der Waals surface area contributed by atoms with Crippen LogP contribution in [0.25, 0.3) is 0 Å². The van der Waals surface area contributed by atoms with E-state index in [0.29, 0.717) is 30.6 Å². The zero-order valence-corrected chi connectivity index (χ0v) is 15.0. The standard InChI is InChI=1S/C19H19F3N6/c20-19(21,22)16-6-4-15(5-7-16)3-1-8-24-17(23)27-11-13-28(14-12-27)18-25-9-2-10-26-18/h2,4-7,9-10H,8,11-14H2,(H2,23,24). The Bertz CT molecular complexity index is 861. The first-order chi connectivity index (χ1) is 13.4. The summed E-state index contributed by atoms with van der Waals surface area (Å²) in [6.07, 6.45) is -0.929. The highest BCUT2D eigenvalue weighted by molar-refractivity contribution is 5.78. The lowest BCUT2D eigenvalue weighted by molar-refractivity contribution is -0.137. The average Bonchev–Trinajstić information content (AvgIpc) is 2.71. The normalized spacial score (nSPS) is 15.2. The summed E-state index contributed by atoms with van der Waals surface area (Å²) < 4.78 is 37.6. The molecule has 1 aliphatic rings. The van der Waals surface area contributed by atoms with E-state index in [-0.39, 0.29) is 6.54 Å². The van der Waals surface area contributed by atoms with Gasteiger partial charge in [0.15, 0.2) is 5.96 Å².